The highest BCUT2D eigenvalue weighted by Crippen LogP contribution is 2.49. The van der Waals surface area contributed by atoms with E-state index in [1.807, 2.05) is 6.92 Å². The summed E-state index contributed by atoms with van der Waals surface area (Å²) in [5.74, 6) is 3.19. The van der Waals surface area contributed by atoms with Gasteiger partial charge in [0.25, 0.3) is 0 Å². The van der Waals surface area contributed by atoms with Crippen molar-refractivity contribution >= 4 is 29.9 Å². The lowest BCUT2D eigenvalue weighted by Gasteiger charge is -2.18. The van der Waals surface area contributed by atoms with Crippen LogP contribution in [0, 0.1) is 17.8 Å². The molecular formula is C20H30F2IN3O2. The Balaban J connectivity index is 0.00000280. The molecule has 0 aliphatic heterocycles. The van der Waals surface area contributed by atoms with Gasteiger partial charge in [-0.2, -0.15) is 8.78 Å². The van der Waals surface area contributed by atoms with Gasteiger partial charge in [-0.05, 0) is 68.1 Å². The molecule has 3 rings (SSSR count). The Morgan fingerprint density at radius 1 is 1.14 bits per heavy atom. The van der Waals surface area contributed by atoms with Gasteiger partial charge in [-0.3, -0.25) is 4.99 Å². The zero-order valence-electron chi connectivity index (χ0n) is 16.1. The van der Waals surface area contributed by atoms with Crippen molar-refractivity contribution in [2.75, 3.05) is 19.6 Å². The number of hydrogen-bond acceptors (Lipinski definition) is 3. The van der Waals surface area contributed by atoms with Gasteiger partial charge in [0, 0.05) is 19.6 Å². The van der Waals surface area contributed by atoms with E-state index in [2.05, 4.69) is 15.4 Å². The first-order valence-corrected chi connectivity index (χ1v) is 9.81. The third kappa shape index (κ3) is 7.35. The number of rotatable bonds is 10. The molecule has 0 spiro atoms. The fourth-order valence-electron chi connectivity index (χ4n) is 3.45. The standard InChI is InChI=1S/C20H29F2N3O2.HI/c1-2-23-20(24-11-17(13-3-4-13)14-5-6-14)25-12-18(26)15-7-9-16(10-8-15)27-19(21)22;/h7-10,13-14,17-19,26H,2-6,11-12H2,1H3,(H2,23,24,25);1H. The van der Waals surface area contributed by atoms with Crippen molar-refractivity contribution in [2.24, 2.45) is 22.7 Å². The van der Waals surface area contributed by atoms with Gasteiger partial charge in [0.15, 0.2) is 5.96 Å². The number of ether oxygens (including phenoxy) is 1. The van der Waals surface area contributed by atoms with E-state index >= 15 is 0 Å². The number of halogens is 3. The van der Waals surface area contributed by atoms with Crippen LogP contribution in [0.2, 0.25) is 0 Å². The van der Waals surface area contributed by atoms with Gasteiger partial charge in [-0.1, -0.05) is 12.1 Å². The van der Waals surface area contributed by atoms with Crippen LogP contribution in [0.5, 0.6) is 5.75 Å². The van der Waals surface area contributed by atoms with Crippen molar-refractivity contribution in [1.29, 1.82) is 0 Å². The monoisotopic (exact) mass is 509 g/mol. The lowest BCUT2D eigenvalue weighted by atomic mass is 9.98. The van der Waals surface area contributed by atoms with Crippen molar-refractivity contribution in [1.82, 2.24) is 10.6 Å². The van der Waals surface area contributed by atoms with Gasteiger partial charge in [0.2, 0.25) is 0 Å². The average Bonchev–Trinajstić information content (AvgIpc) is 3.54. The summed E-state index contributed by atoms with van der Waals surface area (Å²) < 4.78 is 28.7. The van der Waals surface area contributed by atoms with Crippen LogP contribution in [0.1, 0.15) is 44.3 Å². The summed E-state index contributed by atoms with van der Waals surface area (Å²) in [4.78, 5) is 4.73. The summed E-state index contributed by atoms with van der Waals surface area (Å²) in [6.45, 7) is 1.03. The summed E-state index contributed by atoms with van der Waals surface area (Å²) in [5, 5.41) is 16.7. The number of nitrogens with zero attached hydrogens (tertiary/aromatic N) is 1. The smallest absolute Gasteiger partial charge is 0.387 e. The lowest BCUT2D eigenvalue weighted by Crippen LogP contribution is -2.39. The fraction of sp³-hybridized carbons (Fsp3) is 0.650. The minimum Gasteiger partial charge on any atom is -0.435 e. The van der Waals surface area contributed by atoms with Gasteiger partial charge in [-0.15, -0.1) is 24.0 Å². The molecule has 0 saturated heterocycles. The average molecular weight is 509 g/mol. The summed E-state index contributed by atoms with van der Waals surface area (Å²) in [7, 11) is 0. The molecule has 0 amide bonds. The van der Waals surface area contributed by atoms with E-state index in [1.54, 1.807) is 12.1 Å². The van der Waals surface area contributed by atoms with Gasteiger partial charge < -0.3 is 20.5 Å². The minimum atomic E-state index is -2.85. The highest BCUT2D eigenvalue weighted by Gasteiger charge is 2.41. The Hall–Kier alpha value is -1.16. The molecule has 1 atom stereocenters. The van der Waals surface area contributed by atoms with Gasteiger partial charge in [0.05, 0.1) is 6.10 Å². The molecule has 28 heavy (non-hydrogen) atoms. The molecule has 1 aromatic carbocycles. The second kappa shape index (κ2) is 11.1. The van der Waals surface area contributed by atoms with Crippen molar-refractivity contribution in [3.05, 3.63) is 29.8 Å². The Bertz CT molecular complexity index is 610. The van der Waals surface area contributed by atoms with Crippen LogP contribution in [-0.2, 0) is 0 Å². The van der Waals surface area contributed by atoms with Crippen molar-refractivity contribution in [3.8, 4) is 5.75 Å². The zero-order chi connectivity index (χ0) is 19.2. The van der Waals surface area contributed by atoms with Crippen molar-refractivity contribution in [2.45, 2.75) is 45.3 Å². The fourth-order valence-corrected chi connectivity index (χ4v) is 3.45. The number of aliphatic imine (C=N–C) groups is 1. The topological polar surface area (TPSA) is 65.9 Å². The second-order valence-corrected chi connectivity index (χ2v) is 7.40. The molecule has 1 aromatic rings. The first kappa shape index (κ1) is 23.1. The Labute approximate surface area is 182 Å². The van der Waals surface area contributed by atoms with Crippen LogP contribution in [0.25, 0.3) is 0 Å². The number of aliphatic hydroxyl groups is 1. The molecular weight excluding hydrogens is 479 g/mol. The predicted molar refractivity (Wildman–Crippen MR) is 116 cm³/mol. The minimum absolute atomic E-state index is 0. The predicted octanol–water partition coefficient (Wildman–Crippen LogP) is 3.93. The first-order chi connectivity index (χ1) is 13.1. The molecule has 158 valence electrons. The molecule has 8 heteroatoms. The molecule has 0 heterocycles. The molecule has 2 aliphatic rings. The molecule has 2 aliphatic carbocycles. The number of hydrogen-bond donors (Lipinski definition) is 3. The number of aliphatic hydroxyl groups excluding tert-OH is 1. The molecule has 0 aromatic heterocycles. The van der Waals surface area contributed by atoms with Gasteiger partial charge >= 0.3 is 6.61 Å². The summed E-state index contributed by atoms with van der Waals surface area (Å²) >= 11 is 0. The largest absolute Gasteiger partial charge is 0.435 e. The van der Waals surface area contributed by atoms with E-state index in [9.17, 15) is 13.9 Å². The van der Waals surface area contributed by atoms with E-state index < -0.39 is 12.7 Å². The quantitative estimate of drug-likeness (QED) is 0.254. The molecule has 2 saturated carbocycles. The maximum atomic E-state index is 12.2. The maximum absolute atomic E-state index is 12.2. The molecule has 2 fully saturated rings. The summed E-state index contributed by atoms with van der Waals surface area (Å²) in [6.07, 6.45) is 4.59. The Kier molecular flexibility index (Phi) is 9.20. The SMILES string of the molecule is CCNC(=NCC(C1CC1)C1CC1)NCC(O)c1ccc(OC(F)F)cc1.I. The molecule has 1 unspecified atom stereocenters. The van der Waals surface area contributed by atoms with E-state index in [0.717, 1.165) is 24.9 Å². The van der Waals surface area contributed by atoms with Crippen LogP contribution in [0.4, 0.5) is 8.78 Å². The maximum Gasteiger partial charge on any atom is 0.387 e. The van der Waals surface area contributed by atoms with Crippen LogP contribution in [0.3, 0.4) is 0 Å². The lowest BCUT2D eigenvalue weighted by molar-refractivity contribution is -0.0498. The Morgan fingerprint density at radius 2 is 1.75 bits per heavy atom. The highest BCUT2D eigenvalue weighted by molar-refractivity contribution is 14.0. The zero-order valence-corrected chi connectivity index (χ0v) is 18.4. The molecule has 0 bridgehead atoms. The number of nitrogens with one attached hydrogen (secondary N) is 2. The summed E-state index contributed by atoms with van der Waals surface area (Å²) in [5.41, 5.74) is 0.633. The molecule has 3 N–H and O–H groups in total. The molecule has 0 radical (unpaired) electrons. The van der Waals surface area contributed by atoms with Crippen molar-refractivity contribution in [3.63, 3.8) is 0 Å². The van der Waals surface area contributed by atoms with Crippen molar-refractivity contribution < 1.29 is 18.6 Å². The van der Waals surface area contributed by atoms with Crippen LogP contribution < -0.4 is 15.4 Å². The third-order valence-electron chi connectivity index (χ3n) is 5.21. The van der Waals surface area contributed by atoms with Gasteiger partial charge in [0.1, 0.15) is 5.75 Å². The highest BCUT2D eigenvalue weighted by atomic mass is 127. The van der Waals surface area contributed by atoms with Gasteiger partial charge in [-0.25, -0.2) is 0 Å². The van der Waals surface area contributed by atoms with E-state index in [0.29, 0.717) is 24.0 Å². The van der Waals surface area contributed by atoms with Crippen LogP contribution >= 0.6 is 24.0 Å². The third-order valence-corrected chi connectivity index (χ3v) is 5.21. The molecule has 5 nitrogen and oxygen atoms in total. The van der Waals surface area contributed by atoms with Crippen LogP contribution in [0.15, 0.2) is 29.3 Å². The second-order valence-electron chi connectivity index (χ2n) is 7.40. The van der Waals surface area contributed by atoms with Crippen LogP contribution in [-0.4, -0.2) is 37.3 Å². The number of guanidine groups is 1. The van der Waals surface area contributed by atoms with E-state index in [-0.39, 0.29) is 29.7 Å². The first-order valence-electron chi connectivity index (χ1n) is 9.81. The normalized spacial score (nSPS) is 18.0. The number of benzene rings is 1. The van der Waals surface area contributed by atoms with E-state index in [1.165, 1.54) is 37.8 Å². The number of alkyl halides is 2. The summed E-state index contributed by atoms with van der Waals surface area (Å²) in [6, 6.07) is 6.04. The van der Waals surface area contributed by atoms with E-state index in [4.69, 9.17) is 4.99 Å². The Morgan fingerprint density at radius 3 is 2.25 bits per heavy atom.